The average Bonchev–Trinajstić information content (AvgIpc) is 3.02. The van der Waals surface area contributed by atoms with E-state index in [1.165, 1.54) is 24.3 Å². The molecule has 0 amide bonds. The van der Waals surface area contributed by atoms with E-state index in [1.54, 1.807) is 0 Å². The first-order valence-corrected chi connectivity index (χ1v) is 13.3. The van der Waals surface area contributed by atoms with Gasteiger partial charge in [0.25, 0.3) is 5.69 Å². The topological polar surface area (TPSA) is 134 Å². The van der Waals surface area contributed by atoms with Crippen LogP contribution in [0, 0.1) is 39.2 Å². The molecule has 0 radical (unpaired) electrons. The van der Waals surface area contributed by atoms with Gasteiger partial charge in [-0.1, -0.05) is 0 Å². The number of benzene rings is 2. The second-order valence-corrected chi connectivity index (χ2v) is 8.40. The SMILES string of the molecule is O=C(CCOCCOCCOCCOCCOCCOCCOc1ccc([N+](=O)[O-])cc1)Oc1c(F)c(F)c(F)c(F)c1F. The maximum absolute atomic E-state index is 13.5. The highest BCUT2D eigenvalue weighted by atomic mass is 19.2. The minimum absolute atomic E-state index is 0.00920. The van der Waals surface area contributed by atoms with E-state index in [1.807, 2.05) is 0 Å². The highest BCUT2D eigenvalue weighted by Crippen LogP contribution is 2.29. The van der Waals surface area contributed by atoms with Crippen molar-refractivity contribution in [1.82, 2.24) is 0 Å². The third kappa shape index (κ3) is 13.9. The third-order valence-electron chi connectivity index (χ3n) is 5.24. The second kappa shape index (κ2) is 21.3. The van der Waals surface area contributed by atoms with E-state index in [-0.39, 0.29) is 32.1 Å². The van der Waals surface area contributed by atoms with E-state index in [4.69, 9.17) is 33.2 Å². The van der Waals surface area contributed by atoms with Crippen LogP contribution >= 0.6 is 0 Å². The quantitative estimate of drug-likeness (QED) is 0.0242. The van der Waals surface area contributed by atoms with Crippen molar-refractivity contribution < 1.29 is 69.6 Å². The first-order valence-electron chi connectivity index (χ1n) is 13.3. The molecule has 246 valence electrons. The van der Waals surface area contributed by atoms with Crippen molar-refractivity contribution >= 4 is 11.7 Å². The highest BCUT2D eigenvalue weighted by molar-refractivity contribution is 5.72. The fraction of sp³-hybridized carbons (Fsp3) is 0.519. The van der Waals surface area contributed by atoms with E-state index >= 15 is 0 Å². The molecule has 0 heterocycles. The fourth-order valence-corrected chi connectivity index (χ4v) is 3.08. The molecule has 0 aromatic heterocycles. The Balaban J connectivity index is 1.31. The van der Waals surface area contributed by atoms with Crippen LogP contribution in [0.1, 0.15) is 6.42 Å². The average molecular weight is 642 g/mol. The number of carbonyl (C=O) groups is 1. The molecule has 12 nitrogen and oxygen atoms in total. The lowest BCUT2D eigenvalue weighted by Crippen LogP contribution is -2.16. The van der Waals surface area contributed by atoms with Crippen molar-refractivity contribution in [2.45, 2.75) is 6.42 Å². The van der Waals surface area contributed by atoms with Crippen LogP contribution in [-0.4, -0.2) is 96.8 Å². The van der Waals surface area contributed by atoms with Crippen LogP contribution in [0.3, 0.4) is 0 Å². The molecule has 0 spiro atoms. The van der Waals surface area contributed by atoms with Gasteiger partial charge in [0.05, 0.1) is 90.6 Å². The van der Waals surface area contributed by atoms with Crippen molar-refractivity contribution in [3.63, 3.8) is 0 Å². The van der Waals surface area contributed by atoms with Crippen molar-refractivity contribution in [3.05, 3.63) is 63.5 Å². The molecule has 2 rings (SSSR count). The summed E-state index contributed by atoms with van der Waals surface area (Å²) in [4.78, 5) is 21.7. The highest BCUT2D eigenvalue weighted by Gasteiger charge is 2.28. The number of carbonyl (C=O) groups excluding carboxylic acids is 1. The molecular weight excluding hydrogens is 609 g/mol. The van der Waals surface area contributed by atoms with Crippen molar-refractivity contribution in [2.24, 2.45) is 0 Å². The molecule has 0 bridgehead atoms. The lowest BCUT2D eigenvalue weighted by Gasteiger charge is -2.09. The number of nitrogens with zero attached hydrogens (tertiary/aromatic N) is 1. The molecule has 44 heavy (non-hydrogen) atoms. The van der Waals surface area contributed by atoms with Gasteiger partial charge >= 0.3 is 5.97 Å². The normalized spacial score (nSPS) is 11.1. The predicted molar refractivity (Wildman–Crippen MR) is 140 cm³/mol. The zero-order valence-electron chi connectivity index (χ0n) is 23.5. The Bertz CT molecular complexity index is 1130. The van der Waals surface area contributed by atoms with Crippen LogP contribution in [0.25, 0.3) is 0 Å². The summed E-state index contributed by atoms with van der Waals surface area (Å²) in [6.07, 6.45) is -0.495. The minimum atomic E-state index is -2.35. The molecule has 0 saturated carbocycles. The molecule has 0 fully saturated rings. The maximum atomic E-state index is 13.5. The van der Waals surface area contributed by atoms with Gasteiger partial charge in [-0.05, 0) is 12.1 Å². The Hall–Kier alpha value is -3.48. The number of rotatable bonds is 24. The Morgan fingerprint density at radius 1 is 0.568 bits per heavy atom. The molecule has 0 saturated heterocycles. The van der Waals surface area contributed by atoms with Crippen LogP contribution in [0.15, 0.2) is 24.3 Å². The van der Waals surface area contributed by atoms with Gasteiger partial charge in [0.1, 0.15) is 12.4 Å². The molecule has 0 aliphatic rings. The molecule has 0 N–H and O–H groups in total. The van der Waals surface area contributed by atoms with Crippen molar-refractivity contribution in [3.8, 4) is 11.5 Å². The van der Waals surface area contributed by atoms with Gasteiger partial charge in [-0.2, -0.15) is 8.78 Å². The van der Waals surface area contributed by atoms with E-state index in [0.717, 1.165) is 0 Å². The van der Waals surface area contributed by atoms with Crippen LogP contribution in [0.4, 0.5) is 27.6 Å². The molecule has 17 heteroatoms. The summed E-state index contributed by atoms with van der Waals surface area (Å²) in [5.41, 5.74) is -0.00920. The Morgan fingerprint density at radius 3 is 1.34 bits per heavy atom. The molecule has 0 atom stereocenters. The monoisotopic (exact) mass is 641 g/mol. The lowest BCUT2D eigenvalue weighted by molar-refractivity contribution is -0.384. The third-order valence-corrected chi connectivity index (χ3v) is 5.24. The maximum Gasteiger partial charge on any atom is 0.313 e. The first kappa shape index (κ1) is 36.7. The van der Waals surface area contributed by atoms with Crippen LogP contribution < -0.4 is 9.47 Å². The summed E-state index contributed by atoms with van der Waals surface area (Å²) in [6, 6.07) is 5.76. The van der Waals surface area contributed by atoms with Gasteiger partial charge in [-0.3, -0.25) is 14.9 Å². The number of nitro groups is 1. The number of ether oxygens (including phenoxy) is 8. The number of esters is 1. The van der Waals surface area contributed by atoms with Crippen LogP contribution in [-0.2, 0) is 33.2 Å². The molecule has 0 aliphatic carbocycles. The molecule has 0 unspecified atom stereocenters. The number of hydrogen-bond donors (Lipinski definition) is 0. The number of hydrogen-bond acceptors (Lipinski definition) is 11. The zero-order chi connectivity index (χ0) is 32.2. The van der Waals surface area contributed by atoms with E-state index in [2.05, 4.69) is 4.74 Å². The van der Waals surface area contributed by atoms with E-state index < -0.39 is 52.1 Å². The minimum Gasteiger partial charge on any atom is -0.491 e. The number of non-ortho nitro benzene ring substituents is 1. The molecule has 2 aromatic carbocycles. The Morgan fingerprint density at radius 2 is 0.932 bits per heavy atom. The number of halogens is 5. The Kier molecular flexibility index (Phi) is 17.7. The van der Waals surface area contributed by atoms with Gasteiger partial charge in [-0.25, -0.2) is 13.2 Å². The number of nitro benzene ring substituents is 1. The van der Waals surface area contributed by atoms with Gasteiger partial charge < -0.3 is 37.9 Å². The standard InChI is InChI=1S/C27H32F5NO11/c28-22-23(29)25(31)27(26(32)24(22)30)44-21(34)5-6-37-7-8-38-9-10-39-11-12-40-13-14-41-15-16-42-17-18-43-20-3-1-19(2-4-20)33(35)36/h1-4H,5-18H2. The van der Waals surface area contributed by atoms with E-state index in [0.29, 0.717) is 65.2 Å². The lowest BCUT2D eigenvalue weighted by atomic mass is 10.2. The predicted octanol–water partition coefficient (Wildman–Crippen LogP) is 3.76. The van der Waals surface area contributed by atoms with Crippen LogP contribution in [0.2, 0.25) is 0 Å². The van der Waals surface area contributed by atoms with Crippen molar-refractivity contribution in [2.75, 3.05) is 85.9 Å². The first-order chi connectivity index (χ1) is 21.2. The Labute approximate surface area is 249 Å². The summed E-state index contributed by atoms with van der Waals surface area (Å²) < 4.78 is 108. The van der Waals surface area contributed by atoms with Gasteiger partial charge in [0, 0.05) is 12.1 Å². The van der Waals surface area contributed by atoms with Gasteiger partial charge in [0.15, 0.2) is 0 Å². The summed E-state index contributed by atoms with van der Waals surface area (Å²) in [5.74, 6) is -13.7. The molecule has 2 aromatic rings. The summed E-state index contributed by atoms with van der Waals surface area (Å²) >= 11 is 0. The zero-order valence-corrected chi connectivity index (χ0v) is 23.5. The smallest absolute Gasteiger partial charge is 0.313 e. The largest absolute Gasteiger partial charge is 0.491 e. The van der Waals surface area contributed by atoms with E-state index in [9.17, 15) is 36.9 Å². The summed E-state index contributed by atoms with van der Waals surface area (Å²) in [6.45, 7) is 3.35. The molecule has 0 aliphatic heterocycles. The fourth-order valence-electron chi connectivity index (χ4n) is 3.08. The summed E-state index contributed by atoms with van der Waals surface area (Å²) in [5, 5.41) is 10.6. The second-order valence-electron chi connectivity index (χ2n) is 8.40. The summed E-state index contributed by atoms with van der Waals surface area (Å²) in [7, 11) is 0. The van der Waals surface area contributed by atoms with Gasteiger partial charge in [0.2, 0.25) is 34.8 Å². The van der Waals surface area contributed by atoms with Crippen molar-refractivity contribution in [1.29, 1.82) is 0 Å². The van der Waals surface area contributed by atoms with Crippen LogP contribution in [0.5, 0.6) is 11.5 Å². The van der Waals surface area contributed by atoms with Gasteiger partial charge in [-0.15, -0.1) is 0 Å². The molecular formula is C27H32F5NO11.